The second-order valence-electron chi connectivity index (χ2n) is 7.97. The Labute approximate surface area is 199 Å². The summed E-state index contributed by atoms with van der Waals surface area (Å²) in [4.78, 5) is 28.1. The zero-order chi connectivity index (χ0) is 24.2. The molecule has 1 aliphatic rings. The van der Waals surface area contributed by atoms with E-state index >= 15 is 0 Å². The number of carbonyl (C=O) groups excluding carboxylic acids is 2. The molecule has 1 unspecified atom stereocenters. The first-order chi connectivity index (χ1) is 16.4. The van der Waals surface area contributed by atoms with E-state index in [1.807, 2.05) is 57.2 Å². The zero-order valence-electron chi connectivity index (χ0n) is 19.4. The SMILES string of the molecule is CCOc1cccc(/C(O)=C2\C(=O)C(=O)N(c3cccc(C)c3)C2c2cccc(OCC)c2)c1. The molecule has 1 amide bonds. The van der Waals surface area contributed by atoms with Crippen LogP contribution in [0, 0.1) is 6.92 Å². The van der Waals surface area contributed by atoms with Crippen LogP contribution in [-0.2, 0) is 9.59 Å². The van der Waals surface area contributed by atoms with Crippen molar-refractivity contribution in [1.82, 2.24) is 0 Å². The lowest BCUT2D eigenvalue weighted by molar-refractivity contribution is -0.132. The van der Waals surface area contributed by atoms with Gasteiger partial charge in [0, 0.05) is 11.3 Å². The normalized spacial score (nSPS) is 17.1. The van der Waals surface area contributed by atoms with Crippen LogP contribution >= 0.6 is 0 Å². The van der Waals surface area contributed by atoms with E-state index in [9.17, 15) is 14.7 Å². The second kappa shape index (κ2) is 9.83. The third-order valence-corrected chi connectivity index (χ3v) is 5.63. The monoisotopic (exact) mass is 457 g/mol. The van der Waals surface area contributed by atoms with Gasteiger partial charge in [-0.2, -0.15) is 0 Å². The molecule has 3 aromatic carbocycles. The topological polar surface area (TPSA) is 76.1 Å². The molecular formula is C28H27NO5. The third-order valence-electron chi connectivity index (χ3n) is 5.63. The summed E-state index contributed by atoms with van der Waals surface area (Å²) < 4.78 is 11.2. The van der Waals surface area contributed by atoms with E-state index in [-0.39, 0.29) is 11.3 Å². The number of ether oxygens (including phenoxy) is 2. The fourth-order valence-corrected chi connectivity index (χ4v) is 4.19. The smallest absolute Gasteiger partial charge is 0.300 e. The molecule has 1 heterocycles. The molecule has 174 valence electrons. The number of rotatable bonds is 7. The number of aryl methyl sites for hydroxylation is 1. The maximum Gasteiger partial charge on any atom is 0.300 e. The van der Waals surface area contributed by atoms with Crippen LogP contribution < -0.4 is 14.4 Å². The van der Waals surface area contributed by atoms with Crippen molar-refractivity contribution in [2.75, 3.05) is 18.1 Å². The minimum atomic E-state index is -0.821. The molecule has 1 N–H and O–H groups in total. The van der Waals surface area contributed by atoms with Crippen LogP contribution in [0.2, 0.25) is 0 Å². The predicted molar refractivity (Wildman–Crippen MR) is 131 cm³/mol. The number of anilines is 1. The zero-order valence-corrected chi connectivity index (χ0v) is 19.4. The molecule has 1 atom stereocenters. The number of ketones is 1. The molecule has 1 aliphatic heterocycles. The van der Waals surface area contributed by atoms with Crippen LogP contribution in [0.5, 0.6) is 11.5 Å². The maximum atomic E-state index is 13.3. The molecule has 4 rings (SSSR count). The quantitative estimate of drug-likeness (QED) is 0.291. The molecule has 1 fully saturated rings. The predicted octanol–water partition coefficient (Wildman–Crippen LogP) is 5.42. The first kappa shape index (κ1) is 23.1. The first-order valence-corrected chi connectivity index (χ1v) is 11.3. The molecule has 0 saturated carbocycles. The maximum absolute atomic E-state index is 13.3. The number of benzene rings is 3. The van der Waals surface area contributed by atoms with Gasteiger partial charge in [0.15, 0.2) is 0 Å². The van der Waals surface area contributed by atoms with Gasteiger partial charge in [0.25, 0.3) is 11.7 Å². The highest BCUT2D eigenvalue weighted by Crippen LogP contribution is 2.43. The van der Waals surface area contributed by atoms with E-state index in [0.717, 1.165) is 5.56 Å². The minimum Gasteiger partial charge on any atom is -0.507 e. The Morgan fingerprint density at radius 3 is 2.21 bits per heavy atom. The van der Waals surface area contributed by atoms with E-state index < -0.39 is 17.7 Å². The summed E-state index contributed by atoms with van der Waals surface area (Å²) in [6, 6.07) is 20.7. The Morgan fingerprint density at radius 1 is 0.882 bits per heavy atom. The molecule has 0 spiro atoms. The van der Waals surface area contributed by atoms with Crippen LogP contribution in [0.25, 0.3) is 5.76 Å². The Morgan fingerprint density at radius 2 is 1.53 bits per heavy atom. The van der Waals surface area contributed by atoms with Crippen molar-refractivity contribution in [3.63, 3.8) is 0 Å². The van der Waals surface area contributed by atoms with Gasteiger partial charge < -0.3 is 14.6 Å². The Hall–Kier alpha value is -4.06. The van der Waals surface area contributed by atoms with Gasteiger partial charge in [-0.25, -0.2) is 0 Å². The van der Waals surface area contributed by atoms with Crippen molar-refractivity contribution in [3.05, 3.63) is 95.1 Å². The number of aliphatic hydroxyl groups is 1. The highest BCUT2D eigenvalue weighted by atomic mass is 16.5. The van der Waals surface area contributed by atoms with Gasteiger partial charge in [0.1, 0.15) is 17.3 Å². The summed E-state index contributed by atoms with van der Waals surface area (Å²) in [7, 11) is 0. The summed E-state index contributed by atoms with van der Waals surface area (Å²) in [6.07, 6.45) is 0. The van der Waals surface area contributed by atoms with E-state index in [2.05, 4.69) is 0 Å². The van der Waals surface area contributed by atoms with Crippen LogP contribution in [-0.4, -0.2) is 30.0 Å². The summed E-state index contributed by atoms with van der Waals surface area (Å²) >= 11 is 0. The molecule has 0 bridgehead atoms. The van der Waals surface area contributed by atoms with Crippen molar-refractivity contribution in [1.29, 1.82) is 0 Å². The third kappa shape index (κ3) is 4.39. The molecule has 6 heteroatoms. The standard InChI is InChI=1S/C28H27NO5/c1-4-33-22-13-7-10-19(16-22)25-24(26(30)20-11-8-14-23(17-20)34-5-2)27(31)28(32)29(25)21-12-6-9-18(3)15-21/h6-17,25,30H,4-5H2,1-3H3/b26-24+. The Balaban J connectivity index is 1.93. The van der Waals surface area contributed by atoms with E-state index in [1.165, 1.54) is 4.90 Å². The van der Waals surface area contributed by atoms with Crippen LogP contribution in [0.4, 0.5) is 5.69 Å². The Bertz CT molecular complexity index is 1260. The molecule has 0 aromatic heterocycles. The van der Waals surface area contributed by atoms with Crippen LogP contribution in [0.1, 0.15) is 36.6 Å². The summed E-state index contributed by atoms with van der Waals surface area (Å²) in [5, 5.41) is 11.3. The van der Waals surface area contributed by atoms with Crippen LogP contribution in [0.15, 0.2) is 78.4 Å². The van der Waals surface area contributed by atoms with Crippen molar-refractivity contribution >= 4 is 23.1 Å². The second-order valence-corrected chi connectivity index (χ2v) is 7.97. The van der Waals surface area contributed by atoms with Gasteiger partial charge in [-0.15, -0.1) is 0 Å². The van der Waals surface area contributed by atoms with Crippen molar-refractivity contribution in [2.45, 2.75) is 26.8 Å². The van der Waals surface area contributed by atoms with E-state index in [1.54, 1.807) is 36.4 Å². The first-order valence-electron chi connectivity index (χ1n) is 11.3. The van der Waals surface area contributed by atoms with Gasteiger partial charge in [0.2, 0.25) is 0 Å². The highest BCUT2D eigenvalue weighted by Gasteiger charge is 2.47. The van der Waals surface area contributed by atoms with Crippen molar-refractivity contribution in [2.24, 2.45) is 0 Å². The number of nitrogens with zero attached hydrogens (tertiary/aromatic N) is 1. The summed E-state index contributed by atoms with van der Waals surface area (Å²) in [5.74, 6) is -0.503. The average Bonchev–Trinajstić information content (AvgIpc) is 3.10. The number of carbonyl (C=O) groups is 2. The van der Waals surface area contributed by atoms with Gasteiger partial charge >= 0.3 is 0 Å². The lowest BCUT2D eigenvalue weighted by atomic mass is 9.95. The number of amides is 1. The summed E-state index contributed by atoms with van der Waals surface area (Å²) in [6.45, 7) is 6.62. The molecule has 34 heavy (non-hydrogen) atoms. The molecular weight excluding hydrogens is 430 g/mol. The number of hydrogen-bond acceptors (Lipinski definition) is 5. The average molecular weight is 458 g/mol. The lowest BCUT2D eigenvalue weighted by Gasteiger charge is -2.26. The van der Waals surface area contributed by atoms with Crippen molar-refractivity contribution < 1.29 is 24.2 Å². The van der Waals surface area contributed by atoms with Gasteiger partial charge in [-0.05, 0) is 68.3 Å². The number of hydrogen-bond donors (Lipinski definition) is 1. The molecule has 0 radical (unpaired) electrons. The largest absolute Gasteiger partial charge is 0.507 e. The minimum absolute atomic E-state index is 0.0220. The highest BCUT2D eigenvalue weighted by molar-refractivity contribution is 6.51. The fourth-order valence-electron chi connectivity index (χ4n) is 4.19. The molecule has 3 aromatic rings. The van der Waals surface area contributed by atoms with E-state index in [4.69, 9.17) is 9.47 Å². The molecule has 0 aliphatic carbocycles. The summed E-state index contributed by atoms with van der Waals surface area (Å²) in [5.41, 5.74) is 2.61. The molecule has 6 nitrogen and oxygen atoms in total. The van der Waals surface area contributed by atoms with Gasteiger partial charge in [0.05, 0.1) is 24.8 Å². The van der Waals surface area contributed by atoms with Crippen LogP contribution in [0.3, 0.4) is 0 Å². The molecule has 1 saturated heterocycles. The lowest BCUT2D eigenvalue weighted by Crippen LogP contribution is -2.29. The van der Waals surface area contributed by atoms with Crippen molar-refractivity contribution in [3.8, 4) is 11.5 Å². The number of Topliss-reactive ketones (excluding diaryl/α,β-unsaturated/α-hetero) is 1. The fraction of sp³-hybridized carbons (Fsp3) is 0.214. The van der Waals surface area contributed by atoms with Gasteiger partial charge in [-0.3, -0.25) is 14.5 Å². The van der Waals surface area contributed by atoms with E-state index in [0.29, 0.717) is 41.5 Å². The van der Waals surface area contributed by atoms with Gasteiger partial charge in [-0.1, -0.05) is 36.4 Å². The number of aliphatic hydroxyl groups excluding tert-OH is 1. The Kier molecular flexibility index (Phi) is 6.68.